The largest absolute Gasteiger partial charge is 0.476 e. The number of nitrogens with zero attached hydrogens (tertiary/aromatic N) is 3. The zero-order valence-electron chi connectivity index (χ0n) is 9.44. The molecule has 1 fully saturated rings. The van der Waals surface area contributed by atoms with Crippen LogP contribution in [-0.4, -0.2) is 26.1 Å². The molecule has 1 heterocycles. The van der Waals surface area contributed by atoms with Crippen molar-refractivity contribution in [3.8, 4) is 0 Å². The van der Waals surface area contributed by atoms with E-state index in [1.165, 1.54) is 0 Å². The van der Waals surface area contributed by atoms with E-state index >= 15 is 0 Å². The van der Waals surface area contributed by atoms with Gasteiger partial charge in [0.15, 0.2) is 5.69 Å². The Labute approximate surface area is 101 Å². The fourth-order valence-electron chi connectivity index (χ4n) is 1.98. The summed E-state index contributed by atoms with van der Waals surface area (Å²) in [6, 6.07) is 0. The van der Waals surface area contributed by atoms with Gasteiger partial charge in [0, 0.05) is 6.54 Å². The Morgan fingerprint density at radius 2 is 2.11 bits per heavy atom. The number of carboxylic acid groups (broad SMARTS) is 1. The molecule has 18 heavy (non-hydrogen) atoms. The second-order valence-corrected chi connectivity index (χ2v) is 4.40. The van der Waals surface area contributed by atoms with Gasteiger partial charge in [-0.05, 0) is 12.3 Å². The molecule has 0 saturated heterocycles. The highest BCUT2D eigenvalue weighted by Crippen LogP contribution is 2.33. The zero-order chi connectivity index (χ0) is 13.3. The van der Waals surface area contributed by atoms with Crippen LogP contribution in [0, 0.1) is 5.92 Å². The Hall–Kier alpha value is -1.60. The van der Waals surface area contributed by atoms with Crippen molar-refractivity contribution < 1.29 is 23.1 Å². The first-order valence-corrected chi connectivity index (χ1v) is 5.63. The van der Waals surface area contributed by atoms with E-state index in [2.05, 4.69) is 10.3 Å². The maximum atomic E-state index is 12.8. The number of aryl methyl sites for hydroxylation is 1. The van der Waals surface area contributed by atoms with Gasteiger partial charge >= 0.3 is 12.1 Å². The summed E-state index contributed by atoms with van der Waals surface area (Å²) < 4.78 is 38.9. The van der Waals surface area contributed by atoms with E-state index in [-0.39, 0.29) is 6.54 Å². The molecule has 0 amide bonds. The summed E-state index contributed by atoms with van der Waals surface area (Å²) >= 11 is 0. The minimum atomic E-state index is -4.75. The summed E-state index contributed by atoms with van der Waals surface area (Å²) in [7, 11) is 0. The first-order valence-electron chi connectivity index (χ1n) is 5.63. The average Bonchev–Trinajstić information content (AvgIpc) is 2.58. The summed E-state index contributed by atoms with van der Waals surface area (Å²) in [6.45, 7) is 0.0553. The molecule has 0 atom stereocenters. The van der Waals surface area contributed by atoms with Crippen LogP contribution in [0.3, 0.4) is 0 Å². The SMILES string of the molecule is O=C(O)c1nnn(CCC2CCC2)c1C(F)(F)F. The van der Waals surface area contributed by atoms with Crippen LogP contribution in [0.2, 0.25) is 0 Å². The Kier molecular flexibility index (Phi) is 3.27. The fourth-order valence-corrected chi connectivity index (χ4v) is 1.98. The highest BCUT2D eigenvalue weighted by atomic mass is 19.4. The second-order valence-electron chi connectivity index (χ2n) is 4.40. The van der Waals surface area contributed by atoms with Crippen molar-refractivity contribution in [3.63, 3.8) is 0 Å². The van der Waals surface area contributed by atoms with Crippen molar-refractivity contribution in [3.05, 3.63) is 11.4 Å². The third-order valence-corrected chi connectivity index (χ3v) is 3.18. The predicted octanol–water partition coefficient (Wildman–Crippen LogP) is 2.19. The van der Waals surface area contributed by atoms with E-state index in [4.69, 9.17) is 5.11 Å². The number of carboxylic acids is 1. The third-order valence-electron chi connectivity index (χ3n) is 3.18. The first kappa shape index (κ1) is 12.8. The minimum Gasteiger partial charge on any atom is -0.476 e. The molecule has 2 rings (SSSR count). The number of hydrogen-bond donors (Lipinski definition) is 1. The second kappa shape index (κ2) is 4.58. The molecule has 1 aromatic rings. The standard InChI is InChI=1S/C10H12F3N3O2/c11-10(12,13)8-7(9(17)18)14-15-16(8)5-4-6-2-1-3-6/h6H,1-5H2,(H,17,18). The smallest absolute Gasteiger partial charge is 0.435 e. The molecule has 0 aromatic carbocycles. The van der Waals surface area contributed by atoms with Gasteiger partial charge in [-0.15, -0.1) is 5.10 Å². The van der Waals surface area contributed by atoms with Crippen LogP contribution < -0.4 is 0 Å². The summed E-state index contributed by atoms with van der Waals surface area (Å²) in [6.07, 6.45) is -1.04. The Morgan fingerprint density at radius 1 is 1.44 bits per heavy atom. The van der Waals surface area contributed by atoms with Gasteiger partial charge in [-0.1, -0.05) is 24.5 Å². The van der Waals surface area contributed by atoms with Crippen molar-refractivity contribution in [2.75, 3.05) is 0 Å². The van der Waals surface area contributed by atoms with Gasteiger partial charge < -0.3 is 5.11 Å². The van der Waals surface area contributed by atoms with Crippen molar-refractivity contribution in [1.29, 1.82) is 0 Å². The van der Waals surface area contributed by atoms with Crippen molar-refractivity contribution >= 4 is 5.97 Å². The maximum Gasteiger partial charge on any atom is 0.435 e. The van der Waals surface area contributed by atoms with Crippen LogP contribution in [0.25, 0.3) is 0 Å². The Balaban J connectivity index is 2.20. The van der Waals surface area contributed by atoms with Gasteiger partial charge in [-0.3, -0.25) is 0 Å². The monoisotopic (exact) mass is 263 g/mol. The molecule has 0 unspecified atom stereocenters. The molecular formula is C10H12F3N3O2. The molecule has 1 aliphatic rings. The van der Waals surface area contributed by atoms with Crippen LogP contribution in [-0.2, 0) is 12.7 Å². The van der Waals surface area contributed by atoms with Crippen LogP contribution in [0.4, 0.5) is 13.2 Å². The number of hydrogen-bond acceptors (Lipinski definition) is 3. The fraction of sp³-hybridized carbons (Fsp3) is 0.700. The van der Waals surface area contributed by atoms with E-state index in [0.29, 0.717) is 17.0 Å². The summed E-state index contributed by atoms with van der Waals surface area (Å²) in [4.78, 5) is 10.7. The zero-order valence-corrected chi connectivity index (χ0v) is 9.44. The lowest BCUT2D eigenvalue weighted by Crippen LogP contribution is -2.21. The molecule has 0 bridgehead atoms. The van der Waals surface area contributed by atoms with Crippen LogP contribution >= 0.6 is 0 Å². The maximum absolute atomic E-state index is 12.8. The molecule has 1 aliphatic carbocycles. The van der Waals surface area contributed by atoms with Crippen LogP contribution in [0.1, 0.15) is 41.9 Å². The summed E-state index contributed by atoms with van der Waals surface area (Å²) in [5.41, 5.74) is -2.30. The number of aromatic carboxylic acids is 1. The number of halogens is 3. The van der Waals surface area contributed by atoms with Gasteiger partial charge in [-0.25, -0.2) is 9.48 Å². The van der Waals surface area contributed by atoms with Crippen molar-refractivity contribution in [2.45, 2.75) is 38.4 Å². The number of rotatable bonds is 4. The van der Waals surface area contributed by atoms with Gasteiger partial charge in [-0.2, -0.15) is 13.2 Å². The molecule has 1 N–H and O–H groups in total. The lowest BCUT2D eigenvalue weighted by Gasteiger charge is -2.25. The Bertz CT molecular complexity index is 452. The number of aromatic nitrogens is 3. The molecular weight excluding hydrogens is 251 g/mol. The quantitative estimate of drug-likeness (QED) is 0.904. The predicted molar refractivity (Wildman–Crippen MR) is 53.9 cm³/mol. The highest BCUT2D eigenvalue weighted by molar-refractivity contribution is 5.86. The van der Waals surface area contributed by atoms with E-state index < -0.39 is 23.5 Å². The lowest BCUT2D eigenvalue weighted by molar-refractivity contribution is -0.144. The molecule has 0 spiro atoms. The summed E-state index contributed by atoms with van der Waals surface area (Å²) in [5, 5.41) is 15.1. The molecule has 8 heteroatoms. The van der Waals surface area contributed by atoms with E-state index in [1.807, 2.05) is 0 Å². The minimum absolute atomic E-state index is 0.0553. The average molecular weight is 263 g/mol. The molecule has 1 aromatic heterocycles. The van der Waals surface area contributed by atoms with Crippen molar-refractivity contribution in [2.24, 2.45) is 5.92 Å². The number of carbonyl (C=O) groups is 1. The topological polar surface area (TPSA) is 68.0 Å². The Morgan fingerprint density at radius 3 is 2.56 bits per heavy atom. The van der Waals surface area contributed by atoms with E-state index in [9.17, 15) is 18.0 Å². The van der Waals surface area contributed by atoms with Crippen molar-refractivity contribution in [1.82, 2.24) is 15.0 Å². The molecule has 100 valence electrons. The normalized spacial score (nSPS) is 16.6. The van der Waals surface area contributed by atoms with Gasteiger partial charge in [0.25, 0.3) is 0 Å². The summed E-state index contributed by atoms with van der Waals surface area (Å²) in [5.74, 6) is -1.29. The molecule has 0 radical (unpaired) electrons. The highest BCUT2D eigenvalue weighted by Gasteiger charge is 2.41. The molecule has 1 saturated carbocycles. The van der Waals surface area contributed by atoms with E-state index in [0.717, 1.165) is 19.3 Å². The lowest BCUT2D eigenvalue weighted by atomic mass is 9.83. The third kappa shape index (κ3) is 2.46. The first-order chi connectivity index (χ1) is 8.39. The van der Waals surface area contributed by atoms with Gasteiger partial charge in [0.05, 0.1) is 0 Å². The molecule has 5 nitrogen and oxygen atoms in total. The van der Waals surface area contributed by atoms with Crippen LogP contribution in [0.15, 0.2) is 0 Å². The van der Waals surface area contributed by atoms with E-state index in [1.54, 1.807) is 0 Å². The van der Waals surface area contributed by atoms with Gasteiger partial charge in [0.2, 0.25) is 5.69 Å². The molecule has 0 aliphatic heterocycles. The van der Waals surface area contributed by atoms with Gasteiger partial charge in [0.1, 0.15) is 0 Å². The number of alkyl halides is 3. The van der Waals surface area contributed by atoms with Crippen LogP contribution in [0.5, 0.6) is 0 Å².